The quantitative estimate of drug-likeness (QED) is 0.472. The minimum atomic E-state index is -0.334. The molecule has 3 aromatic rings. The summed E-state index contributed by atoms with van der Waals surface area (Å²) in [5, 5.41) is 10.1. The summed E-state index contributed by atoms with van der Waals surface area (Å²) in [7, 11) is 0. The first-order valence-electron chi connectivity index (χ1n) is 12.2. The van der Waals surface area contributed by atoms with Crippen molar-refractivity contribution in [3.63, 3.8) is 0 Å². The van der Waals surface area contributed by atoms with Gasteiger partial charge < -0.3 is 20.7 Å². The minimum Gasteiger partial charge on any atom is -0.457 e. The highest BCUT2D eigenvalue weighted by atomic mass is 32.2. The van der Waals surface area contributed by atoms with Gasteiger partial charge in [0.25, 0.3) is 0 Å². The van der Waals surface area contributed by atoms with Gasteiger partial charge in [-0.1, -0.05) is 30.0 Å². The van der Waals surface area contributed by atoms with E-state index < -0.39 is 0 Å². The summed E-state index contributed by atoms with van der Waals surface area (Å²) >= 11 is 1.50. The number of hydrogen-bond donors (Lipinski definition) is 3. The highest BCUT2D eigenvalue weighted by Gasteiger charge is 2.45. The summed E-state index contributed by atoms with van der Waals surface area (Å²) in [6, 6.07) is 16.6. The number of nitrogens with one attached hydrogen (secondary N) is 3. The summed E-state index contributed by atoms with van der Waals surface area (Å²) in [6.07, 6.45) is 3.59. The third-order valence-corrected chi connectivity index (χ3v) is 8.04. The van der Waals surface area contributed by atoms with E-state index in [1.807, 2.05) is 61.5 Å². The molecular weight excluding hydrogens is 474 g/mol. The lowest BCUT2D eigenvalue weighted by molar-refractivity contribution is -0.125. The van der Waals surface area contributed by atoms with Crippen LogP contribution in [0.2, 0.25) is 0 Å². The van der Waals surface area contributed by atoms with Crippen molar-refractivity contribution in [2.75, 3.05) is 18.0 Å². The Labute approximate surface area is 213 Å². The smallest absolute Gasteiger partial charge is 0.327 e. The van der Waals surface area contributed by atoms with Crippen molar-refractivity contribution in [2.24, 2.45) is 5.92 Å². The normalized spacial score (nSPS) is 22.5. The molecule has 3 aliphatic rings. The van der Waals surface area contributed by atoms with Gasteiger partial charge in [-0.3, -0.25) is 9.69 Å². The van der Waals surface area contributed by atoms with E-state index in [2.05, 4.69) is 20.9 Å². The first-order valence-corrected chi connectivity index (χ1v) is 13.1. The van der Waals surface area contributed by atoms with Crippen LogP contribution in [0, 0.1) is 12.8 Å². The van der Waals surface area contributed by atoms with Crippen molar-refractivity contribution < 1.29 is 14.3 Å². The number of urea groups is 1. The largest absolute Gasteiger partial charge is 0.457 e. The molecule has 0 bridgehead atoms. The molecule has 8 nitrogen and oxygen atoms in total. The van der Waals surface area contributed by atoms with Crippen molar-refractivity contribution in [1.29, 1.82) is 0 Å². The number of hydrogen-bond acceptors (Lipinski definition) is 6. The van der Waals surface area contributed by atoms with Gasteiger partial charge in [0.05, 0.1) is 23.3 Å². The third kappa shape index (κ3) is 4.18. The number of carbonyl (C=O) groups excluding carboxylic acids is 2. The van der Waals surface area contributed by atoms with Crippen LogP contribution >= 0.6 is 11.8 Å². The summed E-state index contributed by atoms with van der Waals surface area (Å²) < 4.78 is 5.97. The maximum absolute atomic E-state index is 13.4. The molecule has 3 atom stereocenters. The molecule has 2 aromatic carbocycles. The molecule has 3 aliphatic heterocycles. The number of ether oxygens (including phenoxy) is 1. The van der Waals surface area contributed by atoms with E-state index in [1.165, 1.54) is 11.8 Å². The van der Waals surface area contributed by atoms with E-state index in [9.17, 15) is 9.59 Å². The average Bonchev–Trinajstić information content (AvgIpc) is 3.24. The number of nitrogens with zero attached hydrogens (tertiary/aromatic N) is 2. The van der Waals surface area contributed by atoms with Crippen LogP contribution in [0.15, 0.2) is 65.8 Å². The van der Waals surface area contributed by atoms with Crippen molar-refractivity contribution in [3.05, 3.63) is 71.9 Å². The summed E-state index contributed by atoms with van der Waals surface area (Å²) in [6.45, 7) is 3.60. The fraction of sp³-hybridized carbons (Fsp3) is 0.296. The summed E-state index contributed by atoms with van der Waals surface area (Å²) in [4.78, 5) is 32.6. The molecule has 1 fully saturated rings. The topological polar surface area (TPSA) is 95.6 Å². The summed E-state index contributed by atoms with van der Waals surface area (Å²) in [5.41, 5.74) is 3.41. The van der Waals surface area contributed by atoms with Crippen LogP contribution in [-0.2, 0) is 4.79 Å². The SMILES string of the molecule is Cc1cc(Oc2ccccc2)ccc1N1C(=O)NC2c3c1ccnc3SC2NC(=O)C1CCCNC1. The predicted molar refractivity (Wildman–Crippen MR) is 139 cm³/mol. The molecule has 1 saturated heterocycles. The molecule has 9 heteroatoms. The number of amides is 3. The van der Waals surface area contributed by atoms with Crippen molar-refractivity contribution in [2.45, 2.75) is 36.2 Å². The van der Waals surface area contributed by atoms with E-state index in [0.29, 0.717) is 12.3 Å². The fourth-order valence-corrected chi connectivity index (χ4v) is 6.31. The molecule has 4 heterocycles. The fourth-order valence-electron chi connectivity index (χ4n) is 5.07. The van der Waals surface area contributed by atoms with Gasteiger partial charge in [0.1, 0.15) is 21.9 Å². The number of piperidine rings is 1. The zero-order valence-electron chi connectivity index (χ0n) is 19.9. The molecule has 0 saturated carbocycles. The van der Waals surface area contributed by atoms with E-state index >= 15 is 0 Å². The second-order valence-electron chi connectivity index (χ2n) is 9.27. The van der Waals surface area contributed by atoms with Crippen LogP contribution in [0.3, 0.4) is 0 Å². The maximum Gasteiger partial charge on any atom is 0.327 e. The van der Waals surface area contributed by atoms with Gasteiger partial charge in [-0.15, -0.1) is 0 Å². The summed E-state index contributed by atoms with van der Waals surface area (Å²) in [5.74, 6) is 1.43. The molecule has 1 aromatic heterocycles. The van der Waals surface area contributed by atoms with Gasteiger partial charge >= 0.3 is 6.03 Å². The average molecular weight is 502 g/mol. The first-order chi connectivity index (χ1) is 17.6. The van der Waals surface area contributed by atoms with E-state index in [4.69, 9.17) is 4.74 Å². The van der Waals surface area contributed by atoms with Crippen LogP contribution in [0.1, 0.15) is 30.0 Å². The van der Waals surface area contributed by atoms with Gasteiger partial charge in [0, 0.05) is 18.3 Å². The van der Waals surface area contributed by atoms with Gasteiger partial charge in [-0.25, -0.2) is 9.78 Å². The molecule has 3 unspecified atom stereocenters. The molecule has 6 rings (SSSR count). The number of benzene rings is 2. The molecular formula is C27H27N5O3S. The number of rotatable bonds is 5. The predicted octanol–water partition coefficient (Wildman–Crippen LogP) is 4.63. The second-order valence-corrected chi connectivity index (χ2v) is 10.4. The highest BCUT2D eigenvalue weighted by molar-refractivity contribution is 8.00. The van der Waals surface area contributed by atoms with Gasteiger partial charge in [0.15, 0.2) is 0 Å². The van der Waals surface area contributed by atoms with Crippen LogP contribution in [-0.4, -0.2) is 35.4 Å². The Morgan fingerprint density at radius 1 is 1.14 bits per heavy atom. The van der Waals surface area contributed by atoms with Crippen LogP contribution in [0.4, 0.5) is 16.2 Å². The van der Waals surface area contributed by atoms with Crippen molar-refractivity contribution in [1.82, 2.24) is 20.9 Å². The van der Waals surface area contributed by atoms with Gasteiger partial charge in [0.2, 0.25) is 5.91 Å². The Kier molecular flexibility index (Phi) is 6.02. The third-order valence-electron chi connectivity index (χ3n) is 6.85. The minimum absolute atomic E-state index is 0.0237. The van der Waals surface area contributed by atoms with Crippen LogP contribution in [0.5, 0.6) is 11.5 Å². The van der Waals surface area contributed by atoms with Crippen molar-refractivity contribution in [3.8, 4) is 11.5 Å². The monoisotopic (exact) mass is 501 g/mol. The zero-order chi connectivity index (χ0) is 24.6. The van der Waals surface area contributed by atoms with E-state index in [0.717, 1.165) is 52.7 Å². The molecule has 184 valence electrons. The van der Waals surface area contributed by atoms with E-state index in [1.54, 1.807) is 11.1 Å². The number of pyridine rings is 1. The highest BCUT2D eigenvalue weighted by Crippen LogP contribution is 2.50. The van der Waals surface area contributed by atoms with E-state index in [-0.39, 0.29) is 29.3 Å². The van der Waals surface area contributed by atoms with Crippen LogP contribution in [0.25, 0.3) is 0 Å². The molecule has 3 N–H and O–H groups in total. The van der Waals surface area contributed by atoms with Crippen molar-refractivity contribution >= 4 is 35.1 Å². The Morgan fingerprint density at radius 2 is 2.00 bits per heavy atom. The number of aryl methyl sites for hydroxylation is 1. The number of para-hydroxylation sites is 1. The Bertz CT molecular complexity index is 1310. The maximum atomic E-state index is 13.4. The standard InChI is InChI=1S/C27H27N5O3S/c1-16-14-19(35-18-7-3-2-4-8-18)9-10-20(16)32-21-11-13-29-25-22(21)23(30-27(32)34)26(36-25)31-24(33)17-6-5-12-28-15-17/h2-4,7-11,13-14,17,23,26,28H,5-6,12,15H2,1H3,(H,30,34)(H,31,33). The molecule has 0 radical (unpaired) electrons. The number of aromatic nitrogens is 1. The number of anilines is 2. The van der Waals surface area contributed by atoms with Crippen LogP contribution < -0.4 is 25.6 Å². The number of carbonyl (C=O) groups is 2. The zero-order valence-corrected chi connectivity index (χ0v) is 20.7. The Morgan fingerprint density at radius 3 is 2.78 bits per heavy atom. The Balaban J connectivity index is 1.26. The van der Waals surface area contributed by atoms with Gasteiger partial charge in [-0.05, 0) is 68.3 Å². The van der Waals surface area contributed by atoms with Gasteiger partial charge in [-0.2, -0.15) is 0 Å². The second kappa shape index (κ2) is 9.48. The number of thioether (sulfide) groups is 1. The lowest BCUT2D eigenvalue weighted by Crippen LogP contribution is -2.51. The lowest BCUT2D eigenvalue weighted by atomic mass is 9.98. The molecule has 0 aliphatic carbocycles. The molecule has 3 amide bonds. The first kappa shape index (κ1) is 22.9. The molecule has 0 spiro atoms. The lowest BCUT2D eigenvalue weighted by Gasteiger charge is -2.35. The molecule has 36 heavy (non-hydrogen) atoms. The Hall–Kier alpha value is -3.56.